The SMILES string of the molecule is C[C@H]1[C@H]([Si](C)(C)O)[C@@H](CCO)O[C@]12C(=O)N(Cc1ccccc1)c1ccc(NC(=O)[C@H]3CCCN3)cc12. The van der Waals surface area contributed by atoms with E-state index in [9.17, 15) is 19.5 Å². The highest BCUT2D eigenvalue weighted by atomic mass is 28.4. The minimum absolute atomic E-state index is 0.0858. The van der Waals surface area contributed by atoms with Crippen molar-refractivity contribution in [2.24, 2.45) is 5.92 Å². The highest BCUT2D eigenvalue weighted by Crippen LogP contribution is 2.60. The minimum atomic E-state index is -2.77. The highest BCUT2D eigenvalue weighted by molar-refractivity contribution is 6.71. The fourth-order valence-electron chi connectivity index (χ4n) is 6.61. The number of hydrogen-bond acceptors (Lipinski definition) is 6. The van der Waals surface area contributed by atoms with Crippen molar-refractivity contribution in [1.29, 1.82) is 0 Å². The van der Waals surface area contributed by atoms with Crippen LogP contribution in [0, 0.1) is 5.92 Å². The highest BCUT2D eigenvalue weighted by Gasteiger charge is 2.66. The van der Waals surface area contributed by atoms with Gasteiger partial charge in [-0.05, 0) is 62.7 Å². The van der Waals surface area contributed by atoms with E-state index in [0.29, 0.717) is 24.2 Å². The maximum atomic E-state index is 14.3. The Bertz CT molecular complexity index is 1160. The lowest BCUT2D eigenvalue weighted by atomic mass is 9.82. The van der Waals surface area contributed by atoms with Crippen molar-refractivity contribution in [3.63, 3.8) is 0 Å². The Kier molecular flexibility index (Phi) is 7.01. The number of ether oxygens (including phenoxy) is 1. The van der Waals surface area contributed by atoms with Gasteiger partial charge in [0.2, 0.25) is 5.91 Å². The average molecular weight is 524 g/mol. The summed E-state index contributed by atoms with van der Waals surface area (Å²) in [5.41, 5.74) is 1.53. The van der Waals surface area contributed by atoms with Crippen molar-refractivity contribution in [1.82, 2.24) is 5.32 Å². The van der Waals surface area contributed by atoms with Crippen LogP contribution in [0.4, 0.5) is 11.4 Å². The Morgan fingerprint density at radius 1 is 1.24 bits per heavy atom. The number of aliphatic hydroxyl groups excluding tert-OH is 1. The van der Waals surface area contributed by atoms with E-state index in [1.165, 1.54) is 0 Å². The van der Waals surface area contributed by atoms with E-state index in [2.05, 4.69) is 10.6 Å². The molecule has 37 heavy (non-hydrogen) atoms. The lowest BCUT2D eigenvalue weighted by Gasteiger charge is -2.32. The summed E-state index contributed by atoms with van der Waals surface area (Å²) in [5.74, 6) is -0.564. The van der Waals surface area contributed by atoms with E-state index in [1.54, 1.807) is 4.90 Å². The Balaban J connectivity index is 1.58. The number of aliphatic hydroxyl groups is 1. The molecule has 2 aromatic rings. The lowest BCUT2D eigenvalue weighted by molar-refractivity contribution is -0.146. The number of fused-ring (bicyclic) bond motifs is 2. The van der Waals surface area contributed by atoms with Crippen LogP contribution in [0.15, 0.2) is 48.5 Å². The number of nitrogens with zero attached hydrogens (tertiary/aromatic N) is 1. The summed E-state index contributed by atoms with van der Waals surface area (Å²) < 4.78 is 6.67. The third-order valence-corrected chi connectivity index (χ3v) is 10.7. The topological polar surface area (TPSA) is 111 Å². The van der Waals surface area contributed by atoms with Crippen molar-refractivity contribution >= 4 is 31.5 Å². The van der Waals surface area contributed by atoms with E-state index >= 15 is 0 Å². The van der Waals surface area contributed by atoms with Crippen LogP contribution in [-0.4, -0.2) is 55.3 Å². The van der Waals surface area contributed by atoms with Crippen molar-refractivity contribution in [3.8, 4) is 0 Å². The van der Waals surface area contributed by atoms with Gasteiger partial charge in [0.15, 0.2) is 13.9 Å². The van der Waals surface area contributed by atoms with Crippen molar-refractivity contribution in [2.75, 3.05) is 23.4 Å². The fourth-order valence-corrected chi connectivity index (χ4v) is 9.22. The summed E-state index contributed by atoms with van der Waals surface area (Å²) in [6, 6.07) is 15.2. The molecule has 0 aromatic heterocycles. The summed E-state index contributed by atoms with van der Waals surface area (Å²) in [4.78, 5) is 40.2. The summed E-state index contributed by atoms with van der Waals surface area (Å²) in [6.07, 6.45) is 1.67. The Morgan fingerprint density at radius 2 is 2.00 bits per heavy atom. The summed E-state index contributed by atoms with van der Waals surface area (Å²) >= 11 is 0. The Hall–Kier alpha value is -2.56. The maximum absolute atomic E-state index is 14.3. The molecule has 3 aliphatic heterocycles. The molecule has 5 atom stereocenters. The third-order valence-electron chi connectivity index (χ3n) is 8.23. The molecule has 8 nitrogen and oxygen atoms in total. The van der Waals surface area contributed by atoms with Crippen LogP contribution in [0.5, 0.6) is 0 Å². The monoisotopic (exact) mass is 523 g/mol. The number of anilines is 2. The number of carbonyl (C=O) groups is 2. The number of carbonyl (C=O) groups excluding carboxylic acids is 2. The second kappa shape index (κ2) is 9.96. The van der Waals surface area contributed by atoms with Gasteiger partial charge in [-0.1, -0.05) is 37.3 Å². The molecule has 0 radical (unpaired) electrons. The van der Waals surface area contributed by atoms with Crippen LogP contribution in [0.2, 0.25) is 18.6 Å². The molecule has 2 amide bonds. The standard InChI is InChI=1S/C28H37N3O5Si/c1-18-25(37(2,3)35)24(13-15-32)36-28(18)21-16-20(30-26(33)22-10-7-14-29-22)11-12-23(21)31(27(28)34)17-19-8-5-4-6-9-19/h4-6,8-9,11-12,16,18,22,24-25,29,32,35H,7,10,13-15,17H2,1-3H3,(H,30,33)/t18-,22+,24+,25-,28+/m0/s1. The largest absolute Gasteiger partial charge is 0.432 e. The van der Waals surface area contributed by atoms with Gasteiger partial charge >= 0.3 is 0 Å². The number of hydrogen-bond donors (Lipinski definition) is 4. The number of benzene rings is 2. The van der Waals surface area contributed by atoms with E-state index < -0.39 is 20.0 Å². The van der Waals surface area contributed by atoms with Crippen LogP contribution in [0.25, 0.3) is 0 Å². The van der Waals surface area contributed by atoms with Crippen molar-refractivity contribution < 1.29 is 24.2 Å². The first-order valence-corrected chi connectivity index (χ1v) is 16.2. The molecule has 2 fully saturated rings. The number of rotatable bonds is 7. The zero-order chi connectivity index (χ0) is 26.4. The number of nitrogens with one attached hydrogen (secondary N) is 2. The molecule has 0 saturated carbocycles. The molecule has 0 unspecified atom stereocenters. The quantitative estimate of drug-likeness (QED) is 0.415. The molecule has 0 aliphatic carbocycles. The van der Waals surface area contributed by atoms with Gasteiger partial charge in [0.05, 0.1) is 24.4 Å². The van der Waals surface area contributed by atoms with Crippen molar-refractivity contribution in [3.05, 3.63) is 59.7 Å². The van der Waals surface area contributed by atoms with Crippen LogP contribution in [-0.2, 0) is 26.5 Å². The predicted molar refractivity (Wildman–Crippen MR) is 145 cm³/mol. The minimum Gasteiger partial charge on any atom is -0.432 e. The molecular formula is C28H37N3O5Si. The summed E-state index contributed by atoms with van der Waals surface area (Å²) in [6.45, 7) is 6.84. The van der Waals surface area contributed by atoms with Gasteiger partial charge in [-0.2, -0.15) is 0 Å². The van der Waals surface area contributed by atoms with Gasteiger partial charge < -0.3 is 30.2 Å². The normalized spacial score (nSPS) is 29.2. The molecule has 1 spiro atoms. The zero-order valence-electron chi connectivity index (χ0n) is 21.7. The molecule has 2 saturated heterocycles. The van der Waals surface area contributed by atoms with E-state index in [1.807, 2.05) is 68.5 Å². The first kappa shape index (κ1) is 26.1. The van der Waals surface area contributed by atoms with Crippen LogP contribution < -0.4 is 15.5 Å². The molecule has 5 rings (SSSR count). The van der Waals surface area contributed by atoms with E-state index in [-0.39, 0.29) is 35.9 Å². The van der Waals surface area contributed by atoms with Gasteiger partial charge in [-0.15, -0.1) is 0 Å². The fraction of sp³-hybridized carbons (Fsp3) is 0.500. The van der Waals surface area contributed by atoms with Gasteiger partial charge in [0.25, 0.3) is 5.91 Å². The summed E-state index contributed by atoms with van der Waals surface area (Å²) in [7, 11) is -2.77. The second-order valence-corrected chi connectivity index (χ2v) is 15.1. The third kappa shape index (κ3) is 4.53. The van der Waals surface area contributed by atoms with Crippen molar-refractivity contribution in [2.45, 2.75) is 69.1 Å². The smallest absolute Gasteiger partial charge is 0.264 e. The predicted octanol–water partition coefficient (Wildman–Crippen LogP) is 3.10. The average Bonchev–Trinajstić information content (AvgIpc) is 3.55. The zero-order valence-corrected chi connectivity index (χ0v) is 22.7. The second-order valence-electron chi connectivity index (χ2n) is 11.1. The van der Waals surface area contributed by atoms with Crippen LogP contribution >= 0.6 is 0 Å². The van der Waals surface area contributed by atoms with Gasteiger partial charge in [0, 0.05) is 29.3 Å². The Labute approximate surface area is 219 Å². The Morgan fingerprint density at radius 3 is 2.65 bits per heavy atom. The first-order chi connectivity index (χ1) is 17.7. The first-order valence-electron chi connectivity index (χ1n) is 13.2. The summed E-state index contributed by atoms with van der Waals surface area (Å²) in [5, 5.41) is 16.0. The lowest BCUT2D eigenvalue weighted by Crippen LogP contribution is -2.46. The number of amides is 2. The molecule has 3 aliphatic rings. The van der Waals surface area contributed by atoms with E-state index in [4.69, 9.17) is 4.74 Å². The van der Waals surface area contributed by atoms with Crippen LogP contribution in [0.3, 0.4) is 0 Å². The van der Waals surface area contributed by atoms with Crippen LogP contribution in [0.1, 0.15) is 37.3 Å². The maximum Gasteiger partial charge on any atom is 0.264 e. The molecule has 198 valence electrons. The molecular weight excluding hydrogens is 486 g/mol. The van der Waals surface area contributed by atoms with Gasteiger partial charge in [-0.3, -0.25) is 9.59 Å². The molecule has 4 N–H and O–H groups in total. The molecule has 9 heteroatoms. The van der Waals surface area contributed by atoms with Gasteiger partial charge in [-0.25, -0.2) is 0 Å². The molecule has 3 heterocycles. The van der Waals surface area contributed by atoms with Gasteiger partial charge in [0.1, 0.15) is 0 Å². The van der Waals surface area contributed by atoms with E-state index in [0.717, 1.165) is 30.6 Å². The molecule has 0 bridgehead atoms. The molecule has 2 aromatic carbocycles.